The Bertz CT molecular complexity index is 643. The number of aromatic nitrogens is 2. The highest BCUT2D eigenvalue weighted by molar-refractivity contribution is 6.33. The standard InChI is InChI=1S/C13H9ClN2/c14-12-8-15-7-11(12)10-5-9-3-1-2-4-13(9)16-6-10/h1-8,15H. The number of nitrogens with zero attached hydrogens (tertiary/aromatic N) is 1. The maximum absolute atomic E-state index is 6.07. The molecule has 0 aliphatic heterocycles. The van der Waals surface area contributed by atoms with E-state index in [-0.39, 0.29) is 0 Å². The number of aromatic amines is 1. The van der Waals surface area contributed by atoms with Crippen LogP contribution in [-0.2, 0) is 0 Å². The molecule has 3 heteroatoms. The third-order valence-electron chi connectivity index (χ3n) is 2.60. The van der Waals surface area contributed by atoms with E-state index in [1.165, 1.54) is 0 Å². The van der Waals surface area contributed by atoms with Crippen LogP contribution in [0.5, 0.6) is 0 Å². The topological polar surface area (TPSA) is 28.7 Å². The third kappa shape index (κ3) is 1.48. The zero-order chi connectivity index (χ0) is 11.0. The van der Waals surface area contributed by atoms with Crippen molar-refractivity contribution in [1.29, 1.82) is 0 Å². The molecule has 0 atom stereocenters. The SMILES string of the molecule is Clc1c[nH]cc1-c1cnc2ccccc2c1. The van der Waals surface area contributed by atoms with Crippen LogP contribution in [0.15, 0.2) is 48.9 Å². The Hall–Kier alpha value is -1.80. The fraction of sp³-hybridized carbons (Fsp3) is 0. The number of hydrogen-bond acceptors (Lipinski definition) is 1. The molecule has 0 radical (unpaired) electrons. The molecular formula is C13H9ClN2. The van der Waals surface area contributed by atoms with Gasteiger partial charge in [0.1, 0.15) is 0 Å². The summed E-state index contributed by atoms with van der Waals surface area (Å²) in [6, 6.07) is 10.1. The van der Waals surface area contributed by atoms with E-state index in [4.69, 9.17) is 11.6 Å². The smallest absolute Gasteiger partial charge is 0.0702 e. The molecule has 0 bridgehead atoms. The summed E-state index contributed by atoms with van der Waals surface area (Å²) in [5.41, 5.74) is 3.02. The molecular weight excluding hydrogens is 220 g/mol. The molecule has 0 saturated carbocycles. The van der Waals surface area contributed by atoms with Crippen LogP contribution >= 0.6 is 11.6 Å². The second kappa shape index (κ2) is 3.65. The van der Waals surface area contributed by atoms with Crippen molar-refractivity contribution in [1.82, 2.24) is 9.97 Å². The van der Waals surface area contributed by atoms with Gasteiger partial charge in [-0.05, 0) is 12.1 Å². The Labute approximate surface area is 97.9 Å². The van der Waals surface area contributed by atoms with E-state index in [2.05, 4.69) is 16.0 Å². The first-order valence-corrected chi connectivity index (χ1v) is 5.40. The van der Waals surface area contributed by atoms with E-state index < -0.39 is 0 Å². The molecule has 3 rings (SSSR count). The van der Waals surface area contributed by atoms with Crippen molar-refractivity contribution in [2.45, 2.75) is 0 Å². The first-order valence-electron chi connectivity index (χ1n) is 5.02. The van der Waals surface area contributed by atoms with Crippen molar-refractivity contribution >= 4 is 22.5 Å². The predicted octanol–water partition coefficient (Wildman–Crippen LogP) is 3.88. The van der Waals surface area contributed by atoms with Crippen LogP contribution in [0.4, 0.5) is 0 Å². The van der Waals surface area contributed by atoms with Gasteiger partial charge in [-0.3, -0.25) is 4.98 Å². The zero-order valence-electron chi connectivity index (χ0n) is 8.44. The van der Waals surface area contributed by atoms with Gasteiger partial charge < -0.3 is 4.98 Å². The maximum Gasteiger partial charge on any atom is 0.0702 e. The first-order chi connectivity index (χ1) is 7.84. The summed E-state index contributed by atoms with van der Waals surface area (Å²) in [7, 11) is 0. The summed E-state index contributed by atoms with van der Waals surface area (Å²) in [6.07, 6.45) is 5.50. The summed E-state index contributed by atoms with van der Waals surface area (Å²) in [5, 5.41) is 1.84. The fourth-order valence-corrected chi connectivity index (χ4v) is 2.01. The highest BCUT2D eigenvalue weighted by Crippen LogP contribution is 2.28. The Kier molecular flexibility index (Phi) is 2.15. The quantitative estimate of drug-likeness (QED) is 0.673. The van der Waals surface area contributed by atoms with Crippen LogP contribution in [-0.4, -0.2) is 9.97 Å². The molecule has 2 aromatic heterocycles. The first kappa shape index (κ1) is 9.43. The molecule has 16 heavy (non-hydrogen) atoms. The predicted molar refractivity (Wildman–Crippen MR) is 66.5 cm³/mol. The molecule has 3 aromatic rings. The molecule has 2 heterocycles. The van der Waals surface area contributed by atoms with Crippen molar-refractivity contribution < 1.29 is 0 Å². The molecule has 0 saturated heterocycles. The number of halogens is 1. The molecule has 0 spiro atoms. The molecule has 0 unspecified atom stereocenters. The number of benzene rings is 1. The molecule has 78 valence electrons. The number of para-hydroxylation sites is 1. The number of nitrogens with one attached hydrogen (secondary N) is 1. The summed E-state index contributed by atoms with van der Waals surface area (Å²) >= 11 is 6.07. The van der Waals surface area contributed by atoms with E-state index in [1.807, 2.05) is 36.7 Å². The molecule has 0 amide bonds. The minimum Gasteiger partial charge on any atom is -0.366 e. The van der Waals surface area contributed by atoms with Gasteiger partial charge in [-0.1, -0.05) is 29.8 Å². The van der Waals surface area contributed by atoms with E-state index in [0.29, 0.717) is 0 Å². The number of rotatable bonds is 1. The van der Waals surface area contributed by atoms with Crippen molar-refractivity contribution in [3.05, 3.63) is 53.9 Å². The Balaban J connectivity index is 2.23. The third-order valence-corrected chi connectivity index (χ3v) is 2.91. The van der Waals surface area contributed by atoms with Crippen molar-refractivity contribution in [2.75, 3.05) is 0 Å². The van der Waals surface area contributed by atoms with Crippen LogP contribution in [0.2, 0.25) is 5.02 Å². The van der Waals surface area contributed by atoms with Gasteiger partial charge in [0, 0.05) is 35.1 Å². The van der Waals surface area contributed by atoms with E-state index in [1.54, 1.807) is 6.20 Å². The highest BCUT2D eigenvalue weighted by Gasteiger charge is 2.05. The lowest BCUT2D eigenvalue weighted by atomic mass is 10.1. The lowest BCUT2D eigenvalue weighted by Gasteiger charge is -2.01. The molecule has 2 nitrogen and oxygen atoms in total. The Morgan fingerprint density at radius 1 is 1.12 bits per heavy atom. The zero-order valence-corrected chi connectivity index (χ0v) is 9.20. The number of hydrogen-bond donors (Lipinski definition) is 1. The molecule has 0 aliphatic rings. The highest BCUT2D eigenvalue weighted by atomic mass is 35.5. The second-order valence-corrected chi connectivity index (χ2v) is 4.04. The van der Waals surface area contributed by atoms with Gasteiger partial charge in [0.05, 0.1) is 10.5 Å². The van der Waals surface area contributed by atoms with Gasteiger partial charge >= 0.3 is 0 Å². The maximum atomic E-state index is 6.07. The van der Waals surface area contributed by atoms with E-state index in [9.17, 15) is 0 Å². The summed E-state index contributed by atoms with van der Waals surface area (Å²) in [4.78, 5) is 7.39. The van der Waals surface area contributed by atoms with Gasteiger partial charge in [-0.15, -0.1) is 0 Å². The summed E-state index contributed by atoms with van der Waals surface area (Å²) in [6.45, 7) is 0. The van der Waals surface area contributed by atoms with Crippen LogP contribution < -0.4 is 0 Å². The van der Waals surface area contributed by atoms with Gasteiger partial charge in [-0.25, -0.2) is 0 Å². The fourth-order valence-electron chi connectivity index (χ4n) is 1.78. The molecule has 0 fully saturated rings. The van der Waals surface area contributed by atoms with Crippen molar-refractivity contribution in [2.24, 2.45) is 0 Å². The minimum absolute atomic E-state index is 0.720. The lowest BCUT2D eigenvalue weighted by Crippen LogP contribution is -1.81. The average molecular weight is 229 g/mol. The lowest BCUT2D eigenvalue weighted by molar-refractivity contribution is 1.39. The number of pyridine rings is 1. The van der Waals surface area contributed by atoms with Gasteiger partial charge in [-0.2, -0.15) is 0 Å². The average Bonchev–Trinajstić information content (AvgIpc) is 2.75. The number of H-pyrrole nitrogens is 1. The second-order valence-electron chi connectivity index (χ2n) is 3.63. The van der Waals surface area contributed by atoms with Crippen LogP contribution in [0.3, 0.4) is 0 Å². The van der Waals surface area contributed by atoms with Crippen LogP contribution in [0, 0.1) is 0 Å². The van der Waals surface area contributed by atoms with E-state index >= 15 is 0 Å². The van der Waals surface area contributed by atoms with Crippen LogP contribution in [0.1, 0.15) is 0 Å². The summed E-state index contributed by atoms with van der Waals surface area (Å²) < 4.78 is 0. The molecule has 1 aromatic carbocycles. The van der Waals surface area contributed by atoms with E-state index in [0.717, 1.165) is 27.1 Å². The van der Waals surface area contributed by atoms with Gasteiger partial charge in [0.25, 0.3) is 0 Å². The summed E-state index contributed by atoms with van der Waals surface area (Å²) in [5.74, 6) is 0. The minimum atomic E-state index is 0.720. The van der Waals surface area contributed by atoms with Gasteiger partial charge in [0.15, 0.2) is 0 Å². The molecule has 1 N–H and O–H groups in total. The van der Waals surface area contributed by atoms with Crippen molar-refractivity contribution in [3.63, 3.8) is 0 Å². The normalized spacial score (nSPS) is 10.8. The largest absolute Gasteiger partial charge is 0.366 e. The van der Waals surface area contributed by atoms with Crippen LogP contribution in [0.25, 0.3) is 22.0 Å². The number of fused-ring (bicyclic) bond motifs is 1. The Morgan fingerprint density at radius 2 is 2.00 bits per heavy atom. The monoisotopic (exact) mass is 228 g/mol. The van der Waals surface area contributed by atoms with Gasteiger partial charge in [0.2, 0.25) is 0 Å². The Morgan fingerprint density at radius 3 is 2.81 bits per heavy atom. The van der Waals surface area contributed by atoms with Crippen molar-refractivity contribution in [3.8, 4) is 11.1 Å². The molecule has 0 aliphatic carbocycles.